The average molecular weight is 231 g/mol. The minimum atomic E-state index is -0.241. The molecule has 0 aliphatic heterocycles. The summed E-state index contributed by atoms with van der Waals surface area (Å²) in [6.45, 7) is 5.53. The number of alkyl halides is 1. The molecule has 0 aromatic carbocycles. The summed E-state index contributed by atoms with van der Waals surface area (Å²) >= 11 is 5.83. The van der Waals surface area contributed by atoms with E-state index in [0.717, 1.165) is 6.42 Å². The van der Waals surface area contributed by atoms with Crippen LogP contribution in [0, 0.1) is 6.92 Å². The molecule has 1 aromatic rings. The Morgan fingerprint density at radius 1 is 1.67 bits per heavy atom. The second-order valence-electron chi connectivity index (χ2n) is 3.66. The number of nitrogens with one attached hydrogen (secondary N) is 1. The largest absolute Gasteiger partial charge is 0.438 e. The van der Waals surface area contributed by atoms with Crippen molar-refractivity contribution < 1.29 is 9.21 Å². The van der Waals surface area contributed by atoms with E-state index in [2.05, 4.69) is 10.3 Å². The Kier molecular flexibility index (Phi) is 4.15. The average Bonchev–Trinajstić information content (AvgIpc) is 2.49. The molecular formula is C10H15ClN2O2. The molecule has 0 aliphatic rings. The number of hydrogen-bond acceptors (Lipinski definition) is 3. The van der Waals surface area contributed by atoms with Gasteiger partial charge in [0.1, 0.15) is 0 Å². The molecule has 0 fully saturated rings. The van der Waals surface area contributed by atoms with Gasteiger partial charge >= 0.3 is 0 Å². The predicted octanol–water partition coefficient (Wildman–Crippen LogP) is 2.12. The monoisotopic (exact) mass is 230 g/mol. The van der Waals surface area contributed by atoms with E-state index in [1.165, 1.54) is 6.39 Å². The van der Waals surface area contributed by atoms with Crippen LogP contribution in [0.1, 0.15) is 36.5 Å². The van der Waals surface area contributed by atoms with Gasteiger partial charge in [0, 0.05) is 11.4 Å². The van der Waals surface area contributed by atoms with Gasteiger partial charge in [-0.05, 0) is 27.2 Å². The van der Waals surface area contributed by atoms with E-state index >= 15 is 0 Å². The summed E-state index contributed by atoms with van der Waals surface area (Å²) in [6.07, 6.45) is 1.99. The molecule has 5 heteroatoms. The molecule has 0 saturated carbocycles. The standard InChI is InChI=1S/C10H15ClN2O2/c1-6(11)4-7(2)13-10(14)9-8(3)12-5-15-9/h5-7H,4H2,1-3H3,(H,13,14). The summed E-state index contributed by atoms with van der Waals surface area (Å²) in [5.41, 5.74) is 0.596. The number of aromatic nitrogens is 1. The van der Waals surface area contributed by atoms with Crippen molar-refractivity contribution in [1.82, 2.24) is 10.3 Å². The van der Waals surface area contributed by atoms with Crippen molar-refractivity contribution in [3.63, 3.8) is 0 Å². The molecule has 1 rings (SSSR count). The first-order valence-corrected chi connectivity index (χ1v) is 5.29. The minimum absolute atomic E-state index is 0.0227. The normalized spacial score (nSPS) is 14.7. The van der Waals surface area contributed by atoms with E-state index in [4.69, 9.17) is 16.0 Å². The first-order valence-electron chi connectivity index (χ1n) is 4.85. The molecule has 4 nitrogen and oxygen atoms in total. The molecule has 2 atom stereocenters. The van der Waals surface area contributed by atoms with Gasteiger partial charge in [0.2, 0.25) is 5.76 Å². The summed E-state index contributed by atoms with van der Waals surface area (Å²) in [4.78, 5) is 15.5. The Morgan fingerprint density at radius 3 is 2.80 bits per heavy atom. The summed E-state index contributed by atoms with van der Waals surface area (Å²) in [6, 6.07) is 0.0227. The summed E-state index contributed by atoms with van der Waals surface area (Å²) < 4.78 is 4.98. The number of oxazole rings is 1. The third-order valence-electron chi connectivity index (χ3n) is 2.01. The van der Waals surface area contributed by atoms with Crippen LogP contribution in [0.4, 0.5) is 0 Å². The summed E-state index contributed by atoms with van der Waals surface area (Å²) in [5, 5.41) is 2.84. The molecule has 0 radical (unpaired) electrons. The zero-order valence-corrected chi connectivity index (χ0v) is 9.84. The fraction of sp³-hybridized carbons (Fsp3) is 0.600. The van der Waals surface area contributed by atoms with Crippen molar-refractivity contribution >= 4 is 17.5 Å². The number of carbonyl (C=O) groups excluding carboxylic acids is 1. The number of nitrogens with zero attached hydrogens (tertiary/aromatic N) is 1. The molecule has 0 spiro atoms. The molecule has 0 aliphatic carbocycles. The van der Waals surface area contributed by atoms with Crippen molar-refractivity contribution in [2.45, 2.75) is 38.6 Å². The smallest absolute Gasteiger partial charge is 0.289 e. The van der Waals surface area contributed by atoms with Gasteiger partial charge in [-0.15, -0.1) is 11.6 Å². The summed E-state index contributed by atoms with van der Waals surface area (Å²) in [7, 11) is 0. The molecule has 1 heterocycles. The number of rotatable bonds is 4. The molecule has 2 unspecified atom stereocenters. The van der Waals surface area contributed by atoms with Crippen molar-refractivity contribution in [3.8, 4) is 0 Å². The van der Waals surface area contributed by atoms with E-state index < -0.39 is 0 Å². The quantitative estimate of drug-likeness (QED) is 0.807. The number of aryl methyl sites for hydroxylation is 1. The van der Waals surface area contributed by atoms with Gasteiger partial charge in [0.15, 0.2) is 6.39 Å². The van der Waals surface area contributed by atoms with Crippen LogP contribution < -0.4 is 5.32 Å². The molecule has 15 heavy (non-hydrogen) atoms. The molecular weight excluding hydrogens is 216 g/mol. The fourth-order valence-electron chi connectivity index (χ4n) is 1.36. The summed E-state index contributed by atoms with van der Waals surface area (Å²) in [5.74, 6) is 0.0268. The van der Waals surface area contributed by atoms with Crippen molar-refractivity contribution in [2.24, 2.45) is 0 Å². The highest BCUT2D eigenvalue weighted by Crippen LogP contribution is 2.08. The SMILES string of the molecule is Cc1ncoc1C(=O)NC(C)CC(C)Cl. The zero-order chi connectivity index (χ0) is 11.4. The first kappa shape index (κ1) is 12.0. The van der Waals surface area contributed by atoms with Gasteiger partial charge in [-0.25, -0.2) is 4.98 Å². The van der Waals surface area contributed by atoms with Crippen molar-refractivity contribution in [2.75, 3.05) is 0 Å². The lowest BCUT2D eigenvalue weighted by Crippen LogP contribution is -2.34. The Balaban J connectivity index is 2.53. The van der Waals surface area contributed by atoms with Crippen LogP contribution in [0.3, 0.4) is 0 Å². The van der Waals surface area contributed by atoms with E-state index in [0.29, 0.717) is 5.69 Å². The second-order valence-corrected chi connectivity index (χ2v) is 4.40. The van der Waals surface area contributed by atoms with E-state index in [-0.39, 0.29) is 23.1 Å². The maximum Gasteiger partial charge on any atom is 0.289 e. The lowest BCUT2D eigenvalue weighted by molar-refractivity contribution is 0.0909. The maximum atomic E-state index is 11.6. The fourth-order valence-corrected chi connectivity index (χ4v) is 1.62. The Labute approximate surface area is 94.0 Å². The maximum absolute atomic E-state index is 11.6. The topological polar surface area (TPSA) is 55.1 Å². The predicted molar refractivity (Wildman–Crippen MR) is 58.1 cm³/mol. The van der Waals surface area contributed by atoms with Crippen LogP contribution >= 0.6 is 11.6 Å². The second kappa shape index (κ2) is 5.16. The van der Waals surface area contributed by atoms with E-state index in [1.54, 1.807) is 6.92 Å². The molecule has 1 amide bonds. The van der Waals surface area contributed by atoms with Gasteiger partial charge in [0.25, 0.3) is 5.91 Å². The number of halogens is 1. The minimum Gasteiger partial charge on any atom is -0.438 e. The van der Waals surface area contributed by atoms with Crippen LogP contribution in [0.2, 0.25) is 0 Å². The van der Waals surface area contributed by atoms with Gasteiger partial charge in [-0.2, -0.15) is 0 Å². The van der Waals surface area contributed by atoms with Crippen LogP contribution in [0.15, 0.2) is 10.8 Å². The van der Waals surface area contributed by atoms with Gasteiger partial charge in [-0.1, -0.05) is 0 Å². The van der Waals surface area contributed by atoms with Crippen LogP contribution in [0.5, 0.6) is 0 Å². The van der Waals surface area contributed by atoms with E-state index in [9.17, 15) is 4.79 Å². The van der Waals surface area contributed by atoms with Crippen LogP contribution in [-0.4, -0.2) is 22.3 Å². The third kappa shape index (κ3) is 3.55. The lowest BCUT2D eigenvalue weighted by atomic mass is 10.2. The molecule has 0 saturated heterocycles. The number of hydrogen-bond donors (Lipinski definition) is 1. The van der Waals surface area contributed by atoms with Crippen LogP contribution in [-0.2, 0) is 0 Å². The van der Waals surface area contributed by atoms with Crippen LogP contribution in [0.25, 0.3) is 0 Å². The highest BCUT2D eigenvalue weighted by Gasteiger charge is 2.16. The Hall–Kier alpha value is -1.03. The third-order valence-corrected chi connectivity index (χ3v) is 2.19. The van der Waals surface area contributed by atoms with Gasteiger partial charge < -0.3 is 9.73 Å². The number of amides is 1. The van der Waals surface area contributed by atoms with Gasteiger partial charge in [0.05, 0.1) is 5.69 Å². The highest BCUT2D eigenvalue weighted by atomic mass is 35.5. The zero-order valence-electron chi connectivity index (χ0n) is 9.08. The van der Waals surface area contributed by atoms with E-state index in [1.807, 2.05) is 13.8 Å². The first-order chi connectivity index (χ1) is 7.00. The Bertz CT molecular complexity index is 336. The molecule has 84 valence electrons. The molecule has 1 N–H and O–H groups in total. The Morgan fingerprint density at radius 2 is 2.33 bits per heavy atom. The molecule has 0 bridgehead atoms. The number of carbonyl (C=O) groups is 1. The molecule has 1 aromatic heterocycles. The van der Waals surface area contributed by atoms with Crippen molar-refractivity contribution in [3.05, 3.63) is 17.8 Å². The highest BCUT2D eigenvalue weighted by molar-refractivity contribution is 6.20. The van der Waals surface area contributed by atoms with Crippen molar-refractivity contribution in [1.29, 1.82) is 0 Å². The lowest BCUT2D eigenvalue weighted by Gasteiger charge is -2.13. The van der Waals surface area contributed by atoms with Gasteiger partial charge in [-0.3, -0.25) is 4.79 Å².